The highest BCUT2D eigenvalue weighted by molar-refractivity contribution is 5.38. The van der Waals surface area contributed by atoms with Crippen molar-refractivity contribution in [3.05, 3.63) is 23.9 Å². The number of nitrogens with zero attached hydrogens (tertiary/aromatic N) is 1. The quantitative estimate of drug-likeness (QED) is 0.761. The van der Waals surface area contributed by atoms with E-state index in [9.17, 15) is 0 Å². The van der Waals surface area contributed by atoms with Crippen LogP contribution in [0.4, 0.5) is 5.82 Å². The van der Waals surface area contributed by atoms with Crippen molar-refractivity contribution in [2.24, 2.45) is 0 Å². The van der Waals surface area contributed by atoms with Crippen LogP contribution in [-0.4, -0.2) is 30.8 Å². The number of aryl methyl sites for hydroxylation is 1. The number of rotatable bonds is 3. The molecule has 0 bridgehead atoms. The monoisotopic (exact) mass is 207 g/mol. The molecular formula is C11H17N3O. The van der Waals surface area contributed by atoms with Crippen LogP contribution in [0.2, 0.25) is 0 Å². The Hall–Kier alpha value is -1.13. The Balaban J connectivity index is 1.84. The van der Waals surface area contributed by atoms with Gasteiger partial charge in [-0.15, -0.1) is 0 Å². The second kappa shape index (κ2) is 5.09. The van der Waals surface area contributed by atoms with Crippen LogP contribution in [0.15, 0.2) is 18.3 Å². The molecule has 2 heterocycles. The molecule has 1 aromatic rings. The van der Waals surface area contributed by atoms with Gasteiger partial charge in [0.25, 0.3) is 0 Å². The van der Waals surface area contributed by atoms with Gasteiger partial charge in [0.2, 0.25) is 0 Å². The third-order valence-corrected chi connectivity index (χ3v) is 2.67. The zero-order valence-electron chi connectivity index (χ0n) is 8.78. The third kappa shape index (κ3) is 2.91. The van der Waals surface area contributed by atoms with Gasteiger partial charge in [-0.3, -0.25) is 0 Å². The molecule has 4 nitrogen and oxygen atoms in total. The Labute approximate surface area is 89.8 Å². The van der Waals surface area contributed by atoms with Crippen molar-refractivity contribution in [2.75, 3.05) is 25.4 Å². The van der Waals surface area contributed by atoms with E-state index in [0.717, 1.165) is 38.1 Å². The topological polar surface area (TPSA) is 60.2 Å². The summed E-state index contributed by atoms with van der Waals surface area (Å²) in [6.07, 6.45) is 3.98. The maximum absolute atomic E-state index is 5.77. The van der Waals surface area contributed by atoms with E-state index in [4.69, 9.17) is 10.5 Å². The number of nitrogen functional groups attached to an aromatic ring is 1. The molecular weight excluding hydrogens is 190 g/mol. The average Bonchev–Trinajstić information content (AvgIpc) is 2.29. The maximum Gasteiger partial charge on any atom is 0.126 e. The standard InChI is InChI=1S/C11H17N3O/c12-11-9(2-1-5-14-11)3-4-10-8-13-6-7-15-10/h1-2,5,10,13H,3-4,6-8H2,(H2,12,14). The van der Waals surface area contributed by atoms with E-state index >= 15 is 0 Å². The smallest absolute Gasteiger partial charge is 0.126 e. The molecule has 82 valence electrons. The van der Waals surface area contributed by atoms with Crippen molar-refractivity contribution in [1.29, 1.82) is 0 Å². The summed E-state index contributed by atoms with van der Waals surface area (Å²) in [5, 5.41) is 3.31. The highest BCUT2D eigenvalue weighted by Gasteiger charge is 2.13. The van der Waals surface area contributed by atoms with Crippen LogP contribution in [0, 0.1) is 0 Å². The molecule has 0 aromatic carbocycles. The second-order valence-electron chi connectivity index (χ2n) is 3.78. The molecule has 1 saturated heterocycles. The molecule has 1 aliphatic heterocycles. The number of hydrogen-bond acceptors (Lipinski definition) is 4. The van der Waals surface area contributed by atoms with Gasteiger partial charge in [0.1, 0.15) is 5.82 Å². The summed E-state index contributed by atoms with van der Waals surface area (Å²) in [7, 11) is 0. The molecule has 0 spiro atoms. The minimum absolute atomic E-state index is 0.318. The first-order valence-corrected chi connectivity index (χ1v) is 5.38. The number of ether oxygens (including phenoxy) is 1. The molecule has 0 radical (unpaired) electrons. The zero-order valence-corrected chi connectivity index (χ0v) is 8.78. The van der Waals surface area contributed by atoms with Crippen LogP contribution in [-0.2, 0) is 11.2 Å². The SMILES string of the molecule is Nc1ncccc1CCC1CNCCO1. The minimum Gasteiger partial charge on any atom is -0.383 e. The van der Waals surface area contributed by atoms with E-state index in [0.29, 0.717) is 11.9 Å². The van der Waals surface area contributed by atoms with Crippen LogP contribution in [0.3, 0.4) is 0 Å². The maximum atomic E-state index is 5.77. The summed E-state index contributed by atoms with van der Waals surface area (Å²) < 4.78 is 5.62. The predicted octanol–water partition coefficient (Wildman–Crippen LogP) is 0.585. The fourth-order valence-electron chi connectivity index (χ4n) is 1.78. The van der Waals surface area contributed by atoms with Gasteiger partial charge in [-0.05, 0) is 24.5 Å². The van der Waals surface area contributed by atoms with Crippen molar-refractivity contribution in [1.82, 2.24) is 10.3 Å². The molecule has 1 aliphatic rings. The number of anilines is 1. The Morgan fingerprint density at radius 1 is 1.60 bits per heavy atom. The number of hydrogen-bond donors (Lipinski definition) is 2. The zero-order chi connectivity index (χ0) is 10.5. The minimum atomic E-state index is 0.318. The summed E-state index contributed by atoms with van der Waals surface area (Å²) in [6.45, 7) is 2.72. The average molecular weight is 207 g/mol. The Bertz CT molecular complexity index is 310. The van der Waals surface area contributed by atoms with Gasteiger partial charge in [0.05, 0.1) is 12.7 Å². The van der Waals surface area contributed by atoms with Crippen LogP contribution in [0.1, 0.15) is 12.0 Å². The molecule has 0 saturated carbocycles. The number of nitrogens with one attached hydrogen (secondary N) is 1. The molecule has 1 unspecified atom stereocenters. The van der Waals surface area contributed by atoms with Gasteiger partial charge in [-0.25, -0.2) is 4.98 Å². The molecule has 4 heteroatoms. The lowest BCUT2D eigenvalue weighted by atomic mass is 10.1. The molecule has 1 fully saturated rings. The normalized spacial score (nSPS) is 21.5. The first kappa shape index (κ1) is 10.4. The first-order chi connectivity index (χ1) is 7.36. The first-order valence-electron chi connectivity index (χ1n) is 5.38. The molecule has 0 aliphatic carbocycles. The highest BCUT2D eigenvalue weighted by Crippen LogP contribution is 2.12. The summed E-state index contributed by atoms with van der Waals surface area (Å²) >= 11 is 0. The summed E-state index contributed by atoms with van der Waals surface area (Å²) in [6, 6.07) is 3.95. The number of aromatic nitrogens is 1. The summed E-state index contributed by atoms with van der Waals surface area (Å²) in [5.74, 6) is 0.640. The van der Waals surface area contributed by atoms with Crippen LogP contribution < -0.4 is 11.1 Å². The fraction of sp³-hybridized carbons (Fsp3) is 0.545. The van der Waals surface area contributed by atoms with E-state index in [1.165, 1.54) is 0 Å². The number of morpholine rings is 1. The van der Waals surface area contributed by atoms with E-state index in [1.54, 1.807) is 6.20 Å². The van der Waals surface area contributed by atoms with Crippen LogP contribution in [0.25, 0.3) is 0 Å². The van der Waals surface area contributed by atoms with Gasteiger partial charge < -0.3 is 15.8 Å². The van der Waals surface area contributed by atoms with Gasteiger partial charge in [-0.1, -0.05) is 6.07 Å². The predicted molar refractivity (Wildman–Crippen MR) is 59.6 cm³/mol. The van der Waals surface area contributed by atoms with E-state index in [2.05, 4.69) is 10.3 Å². The lowest BCUT2D eigenvalue weighted by Gasteiger charge is -2.23. The molecule has 0 amide bonds. The molecule has 1 atom stereocenters. The Kier molecular flexibility index (Phi) is 3.53. The number of pyridine rings is 1. The van der Waals surface area contributed by atoms with Crippen molar-refractivity contribution in [2.45, 2.75) is 18.9 Å². The summed E-state index contributed by atoms with van der Waals surface area (Å²) in [5.41, 5.74) is 6.89. The molecule has 2 rings (SSSR count). The van der Waals surface area contributed by atoms with Crippen molar-refractivity contribution < 1.29 is 4.74 Å². The lowest BCUT2D eigenvalue weighted by Crippen LogP contribution is -2.38. The van der Waals surface area contributed by atoms with Crippen molar-refractivity contribution >= 4 is 5.82 Å². The lowest BCUT2D eigenvalue weighted by molar-refractivity contribution is 0.0238. The Morgan fingerprint density at radius 2 is 2.53 bits per heavy atom. The van der Waals surface area contributed by atoms with E-state index in [-0.39, 0.29) is 0 Å². The van der Waals surface area contributed by atoms with E-state index < -0.39 is 0 Å². The molecule has 15 heavy (non-hydrogen) atoms. The second-order valence-corrected chi connectivity index (χ2v) is 3.78. The van der Waals surface area contributed by atoms with Gasteiger partial charge in [0.15, 0.2) is 0 Å². The Morgan fingerprint density at radius 3 is 3.27 bits per heavy atom. The van der Waals surface area contributed by atoms with Gasteiger partial charge >= 0.3 is 0 Å². The summed E-state index contributed by atoms with van der Waals surface area (Å²) in [4.78, 5) is 4.06. The van der Waals surface area contributed by atoms with Crippen molar-refractivity contribution in [3.63, 3.8) is 0 Å². The number of nitrogens with two attached hydrogens (primary N) is 1. The molecule has 3 N–H and O–H groups in total. The van der Waals surface area contributed by atoms with Crippen LogP contribution >= 0.6 is 0 Å². The largest absolute Gasteiger partial charge is 0.383 e. The third-order valence-electron chi connectivity index (χ3n) is 2.67. The van der Waals surface area contributed by atoms with E-state index in [1.807, 2.05) is 12.1 Å². The van der Waals surface area contributed by atoms with Gasteiger partial charge in [0, 0.05) is 19.3 Å². The highest BCUT2D eigenvalue weighted by atomic mass is 16.5. The van der Waals surface area contributed by atoms with Gasteiger partial charge in [-0.2, -0.15) is 0 Å². The van der Waals surface area contributed by atoms with Crippen LogP contribution in [0.5, 0.6) is 0 Å². The molecule has 1 aromatic heterocycles. The van der Waals surface area contributed by atoms with Crippen molar-refractivity contribution in [3.8, 4) is 0 Å². The fourth-order valence-corrected chi connectivity index (χ4v) is 1.78.